The highest BCUT2D eigenvalue weighted by Gasteiger charge is 2.27. The minimum Gasteiger partial charge on any atom is -0.484 e. The summed E-state index contributed by atoms with van der Waals surface area (Å²) in [4.78, 5) is 11.6. The van der Waals surface area contributed by atoms with Crippen molar-refractivity contribution in [2.24, 2.45) is 5.92 Å². The van der Waals surface area contributed by atoms with E-state index >= 15 is 0 Å². The van der Waals surface area contributed by atoms with Gasteiger partial charge in [0.15, 0.2) is 16.4 Å². The highest BCUT2D eigenvalue weighted by molar-refractivity contribution is 7.91. The Kier molecular flexibility index (Phi) is 5.47. The van der Waals surface area contributed by atoms with Crippen LogP contribution in [0.5, 0.6) is 5.75 Å². The summed E-state index contributed by atoms with van der Waals surface area (Å²) >= 11 is 5.75. The molecule has 1 saturated heterocycles. The van der Waals surface area contributed by atoms with Crippen molar-refractivity contribution in [3.05, 3.63) is 29.3 Å². The molecule has 0 radical (unpaired) electrons. The molecular weight excluding hydrogens is 314 g/mol. The monoisotopic (exact) mass is 331 g/mol. The molecule has 0 aromatic heterocycles. The molecule has 5 nitrogen and oxygen atoms in total. The lowest BCUT2D eigenvalue weighted by Gasteiger charge is -2.10. The highest BCUT2D eigenvalue weighted by atomic mass is 35.5. The van der Waals surface area contributed by atoms with Crippen molar-refractivity contribution in [2.75, 3.05) is 24.7 Å². The molecule has 1 aliphatic heterocycles. The average molecular weight is 332 g/mol. The van der Waals surface area contributed by atoms with Gasteiger partial charge in [0, 0.05) is 11.6 Å². The Balaban J connectivity index is 1.63. The van der Waals surface area contributed by atoms with Crippen LogP contribution in [0.1, 0.15) is 12.8 Å². The van der Waals surface area contributed by atoms with E-state index in [0.29, 0.717) is 30.2 Å². The van der Waals surface area contributed by atoms with Gasteiger partial charge in [-0.2, -0.15) is 0 Å². The van der Waals surface area contributed by atoms with Crippen LogP contribution in [0.25, 0.3) is 0 Å². The molecule has 1 aromatic carbocycles. The summed E-state index contributed by atoms with van der Waals surface area (Å²) in [7, 11) is -2.84. The Morgan fingerprint density at radius 1 is 1.33 bits per heavy atom. The van der Waals surface area contributed by atoms with Crippen LogP contribution in [0.15, 0.2) is 24.3 Å². The number of carbonyl (C=O) groups excluding carboxylic acids is 1. The topological polar surface area (TPSA) is 72.5 Å². The molecule has 7 heteroatoms. The molecule has 2 rings (SSSR count). The van der Waals surface area contributed by atoms with Crippen LogP contribution in [-0.2, 0) is 14.6 Å². The van der Waals surface area contributed by atoms with Crippen LogP contribution in [0, 0.1) is 5.92 Å². The standard InChI is InChI=1S/C14H18ClNO4S/c15-12-1-3-13(4-2-12)20-9-14(17)16-7-5-11-6-8-21(18,19)10-11/h1-4,11H,5-10H2,(H,16,17). The number of benzene rings is 1. The first kappa shape index (κ1) is 16.1. The Labute approximate surface area is 129 Å². The molecule has 0 bridgehead atoms. The number of hydrogen-bond donors (Lipinski definition) is 1. The number of halogens is 1. The van der Waals surface area contributed by atoms with Crippen LogP contribution >= 0.6 is 11.6 Å². The number of sulfone groups is 1. The van der Waals surface area contributed by atoms with Gasteiger partial charge in [0.25, 0.3) is 5.91 Å². The number of rotatable bonds is 6. The summed E-state index contributed by atoms with van der Waals surface area (Å²) in [5.41, 5.74) is 0. The van der Waals surface area contributed by atoms with Crippen molar-refractivity contribution in [2.45, 2.75) is 12.8 Å². The summed E-state index contributed by atoms with van der Waals surface area (Å²) < 4.78 is 27.9. The van der Waals surface area contributed by atoms with Gasteiger partial charge in [-0.1, -0.05) is 11.6 Å². The minimum atomic E-state index is -2.84. The number of ether oxygens (including phenoxy) is 1. The third-order valence-electron chi connectivity index (χ3n) is 3.39. The Bertz CT molecular complexity index is 585. The molecule has 1 N–H and O–H groups in total. The van der Waals surface area contributed by atoms with E-state index < -0.39 is 9.84 Å². The summed E-state index contributed by atoms with van der Waals surface area (Å²) in [6, 6.07) is 6.77. The van der Waals surface area contributed by atoms with Crippen LogP contribution < -0.4 is 10.1 Å². The highest BCUT2D eigenvalue weighted by Crippen LogP contribution is 2.20. The smallest absolute Gasteiger partial charge is 0.257 e. The minimum absolute atomic E-state index is 0.0649. The molecule has 0 saturated carbocycles. The van der Waals surface area contributed by atoms with Gasteiger partial charge < -0.3 is 10.1 Å². The van der Waals surface area contributed by atoms with Crippen LogP contribution in [0.3, 0.4) is 0 Å². The first-order chi connectivity index (χ1) is 9.94. The van der Waals surface area contributed by atoms with Crippen LogP contribution in [0.4, 0.5) is 0 Å². The lowest BCUT2D eigenvalue weighted by atomic mass is 10.1. The summed E-state index contributed by atoms with van der Waals surface area (Å²) in [6.07, 6.45) is 1.38. The van der Waals surface area contributed by atoms with E-state index in [-0.39, 0.29) is 29.9 Å². The maximum atomic E-state index is 11.6. The fourth-order valence-electron chi connectivity index (χ4n) is 2.25. The number of nitrogens with one attached hydrogen (secondary N) is 1. The second kappa shape index (κ2) is 7.13. The molecule has 1 unspecified atom stereocenters. The van der Waals surface area contributed by atoms with Crippen molar-refractivity contribution in [3.63, 3.8) is 0 Å². The fraction of sp³-hybridized carbons (Fsp3) is 0.500. The molecule has 1 amide bonds. The Morgan fingerprint density at radius 3 is 2.67 bits per heavy atom. The van der Waals surface area contributed by atoms with E-state index in [1.807, 2.05) is 0 Å². The first-order valence-corrected chi connectivity index (χ1v) is 9.00. The Hall–Kier alpha value is -1.27. The summed E-state index contributed by atoms with van der Waals surface area (Å²) in [5.74, 6) is 1.03. The molecular formula is C14H18ClNO4S. The van der Waals surface area contributed by atoms with Gasteiger partial charge >= 0.3 is 0 Å². The second-order valence-electron chi connectivity index (χ2n) is 5.15. The third-order valence-corrected chi connectivity index (χ3v) is 5.47. The zero-order chi connectivity index (χ0) is 15.3. The largest absolute Gasteiger partial charge is 0.484 e. The lowest BCUT2D eigenvalue weighted by molar-refractivity contribution is -0.123. The predicted molar refractivity (Wildman–Crippen MR) is 81.3 cm³/mol. The third kappa shape index (κ3) is 5.55. The number of amides is 1. The molecule has 1 atom stereocenters. The van der Waals surface area contributed by atoms with E-state index in [4.69, 9.17) is 16.3 Å². The van der Waals surface area contributed by atoms with Crippen LogP contribution in [-0.4, -0.2) is 39.0 Å². The maximum Gasteiger partial charge on any atom is 0.257 e. The predicted octanol–water partition coefficient (Wildman–Crippen LogP) is 1.66. The van der Waals surface area contributed by atoms with Gasteiger partial charge in [0.2, 0.25) is 0 Å². The van der Waals surface area contributed by atoms with Crippen molar-refractivity contribution in [1.29, 1.82) is 0 Å². The molecule has 1 aromatic rings. The molecule has 1 aliphatic rings. The van der Waals surface area contributed by atoms with Gasteiger partial charge in [-0.05, 0) is 43.0 Å². The molecule has 116 valence electrons. The molecule has 0 spiro atoms. The van der Waals surface area contributed by atoms with Gasteiger partial charge in [-0.3, -0.25) is 4.79 Å². The zero-order valence-corrected chi connectivity index (χ0v) is 13.1. The van der Waals surface area contributed by atoms with Crippen molar-refractivity contribution >= 4 is 27.3 Å². The number of hydrogen-bond acceptors (Lipinski definition) is 4. The van der Waals surface area contributed by atoms with Gasteiger partial charge in [-0.15, -0.1) is 0 Å². The van der Waals surface area contributed by atoms with Crippen molar-refractivity contribution in [1.82, 2.24) is 5.32 Å². The van der Waals surface area contributed by atoms with E-state index in [1.165, 1.54) is 0 Å². The summed E-state index contributed by atoms with van der Waals surface area (Å²) in [6.45, 7) is 0.410. The molecule has 0 aliphatic carbocycles. The Morgan fingerprint density at radius 2 is 2.05 bits per heavy atom. The summed E-state index contributed by atoms with van der Waals surface area (Å²) in [5, 5.41) is 3.34. The molecule has 1 heterocycles. The zero-order valence-electron chi connectivity index (χ0n) is 11.5. The van der Waals surface area contributed by atoms with E-state index in [9.17, 15) is 13.2 Å². The lowest BCUT2D eigenvalue weighted by Crippen LogP contribution is -2.30. The average Bonchev–Trinajstić information content (AvgIpc) is 2.78. The van der Waals surface area contributed by atoms with E-state index in [2.05, 4.69) is 5.32 Å². The van der Waals surface area contributed by atoms with Gasteiger partial charge in [0.05, 0.1) is 11.5 Å². The SMILES string of the molecule is O=C(COc1ccc(Cl)cc1)NCCC1CCS(=O)(=O)C1. The first-order valence-electron chi connectivity index (χ1n) is 6.80. The van der Waals surface area contributed by atoms with E-state index in [0.717, 1.165) is 0 Å². The van der Waals surface area contributed by atoms with Crippen molar-refractivity contribution < 1.29 is 17.9 Å². The van der Waals surface area contributed by atoms with Crippen molar-refractivity contribution in [3.8, 4) is 5.75 Å². The van der Waals surface area contributed by atoms with Gasteiger partial charge in [-0.25, -0.2) is 8.42 Å². The number of carbonyl (C=O) groups is 1. The van der Waals surface area contributed by atoms with Crippen LogP contribution in [0.2, 0.25) is 5.02 Å². The normalized spacial score (nSPS) is 20.1. The fourth-order valence-corrected chi connectivity index (χ4v) is 4.28. The molecule has 1 fully saturated rings. The van der Waals surface area contributed by atoms with E-state index in [1.54, 1.807) is 24.3 Å². The molecule has 21 heavy (non-hydrogen) atoms. The quantitative estimate of drug-likeness (QED) is 0.860. The second-order valence-corrected chi connectivity index (χ2v) is 7.82. The maximum absolute atomic E-state index is 11.6. The van der Waals surface area contributed by atoms with Gasteiger partial charge in [0.1, 0.15) is 5.75 Å².